The highest BCUT2D eigenvalue weighted by atomic mass is 32.1. The van der Waals surface area contributed by atoms with Crippen molar-refractivity contribution in [2.45, 2.75) is 6.92 Å². The molecule has 1 aliphatic heterocycles. The number of hydrogen-bond donors (Lipinski definition) is 0. The molecule has 1 aliphatic rings. The molecule has 1 amide bonds. The SMILES string of the molecule is COC(=O)C1CN(C(=O)c2cscn2)CC1C. The number of carbonyl (C=O) groups excluding carboxylic acids is 2. The van der Waals surface area contributed by atoms with Gasteiger partial charge in [0.15, 0.2) is 0 Å². The van der Waals surface area contributed by atoms with E-state index < -0.39 is 0 Å². The van der Waals surface area contributed by atoms with Gasteiger partial charge in [0.2, 0.25) is 0 Å². The minimum Gasteiger partial charge on any atom is -0.469 e. The zero-order valence-corrected chi connectivity index (χ0v) is 10.6. The molecule has 92 valence electrons. The Morgan fingerprint density at radius 2 is 2.29 bits per heavy atom. The van der Waals surface area contributed by atoms with Gasteiger partial charge < -0.3 is 9.64 Å². The average molecular weight is 254 g/mol. The van der Waals surface area contributed by atoms with Crippen LogP contribution in [0.1, 0.15) is 17.4 Å². The summed E-state index contributed by atoms with van der Waals surface area (Å²) in [6.07, 6.45) is 0. The van der Waals surface area contributed by atoms with Gasteiger partial charge >= 0.3 is 5.97 Å². The van der Waals surface area contributed by atoms with Crippen LogP contribution in [0.15, 0.2) is 10.9 Å². The molecule has 2 heterocycles. The van der Waals surface area contributed by atoms with E-state index in [1.165, 1.54) is 18.4 Å². The molecule has 1 aromatic heterocycles. The van der Waals surface area contributed by atoms with Crippen LogP contribution in [0.25, 0.3) is 0 Å². The van der Waals surface area contributed by atoms with E-state index in [0.717, 1.165) is 0 Å². The summed E-state index contributed by atoms with van der Waals surface area (Å²) in [4.78, 5) is 29.2. The first-order chi connectivity index (χ1) is 8.13. The highest BCUT2D eigenvalue weighted by Crippen LogP contribution is 2.25. The molecule has 2 unspecified atom stereocenters. The lowest BCUT2D eigenvalue weighted by Gasteiger charge is -2.14. The van der Waals surface area contributed by atoms with Crippen LogP contribution in [0.3, 0.4) is 0 Å². The van der Waals surface area contributed by atoms with Gasteiger partial charge in [-0.3, -0.25) is 9.59 Å². The third kappa shape index (κ3) is 2.31. The summed E-state index contributed by atoms with van der Waals surface area (Å²) < 4.78 is 4.73. The zero-order chi connectivity index (χ0) is 12.4. The lowest BCUT2D eigenvalue weighted by molar-refractivity contribution is -0.146. The van der Waals surface area contributed by atoms with Crippen molar-refractivity contribution < 1.29 is 14.3 Å². The zero-order valence-electron chi connectivity index (χ0n) is 9.75. The molecule has 2 rings (SSSR count). The summed E-state index contributed by atoms with van der Waals surface area (Å²) >= 11 is 1.39. The summed E-state index contributed by atoms with van der Waals surface area (Å²) in [7, 11) is 1.37. The fourth-order valence-corrected chi connectivity index (χ4v) is 2.60. The number of methoxy groups -OCH3 is 1. The number of esters is 1. The highest BCUT2D eigenvalue weighted by molar-refractivity contribution is 7.07. The summed E-state index contributed by atoms with van der Waals surface area (Å²) in [5.74, 6) is -0.441. The third-order valence-electron chi connectivity index (χ3n) is 3.05. The maximum absolute atomic E-state index is 12.0. The van der Waals surface area contributed by atoms with Gasteiger partial charge in [-0.25, -0.2) is 4.98 Å². The van der Waals surface area contributed by atoms with Crippen LogP contribution in [0.5, 0.6) is 0 Å². The van der Waals surface area contributed by atoms with Gasteiger partial charge in [0.25, 0.3) is 5.91 Å². The molecule has 0 saturated carbocycles. The second-order valence-electron chi connectivity index (χ2n) is 4.19. The van der Waals surface area contributed by atoms with E-state index in [1.54, 1.807) is 15.8 Å². The van der Waals surface area contributed by atoms with Gasteiger partial charge in [-0.1, -0.05) is 6.92 Å². The number of rotatable bonds is 2. The molecule has 1 fully saturated rings. The van der Waals surface area contributed by atoms with Crippen molar-refractivity contribution in [1.29, 1.82) is 0 Å². The minimum atomic E-state index is -0.244. The number of carbonyl (C=O) groups is 2. The van der Waals surface area contributed by atoms with Crippen LogP contribution in [0.2, 0.25) is 0 Å². The predicted octanol–water partition coefficient (Wildman–Crippen LogP) is 1.02. The first-order valence-electron chi connectivity index (χ1n) is 5.38. The molecule has 0 radical (unpaired) electrons. The first kappa shape index (κ1) is 12.0. The van der Waals surface area contributed by atoms with Gasteiger partial charge in [-0.15, -0.1) is 11.3 Å². The molecule has 6 heteroatoms. The molecule has 0 aliphatic carbocycles. The molecule has 0 bridgehead atoms. The molecule has 0 aromatic carbocycles. The normalized spacial score (nSPS) is 23.8. The smallest absolute Gasteiger partial charge is 0.310 e. The van der Waals surface area contributed by atoms with E-state index >= 15 is 0 Å². The van der Waals surface area contributed by atoms with Gasteiger partial charge in [-0.2, -0.15) is 0 Å². The maximum atomic E-state index is 12.0. The molecule has 0 N–H and O–H groups in total. The monoisotopic (exact) mass is 254 g/mol. The Morgan fingerprint density at radius 3 is 2.88 bits per heavy atom. The number of thiazole rings is 1. The van der Waals surface area contributed by atoms with E-state index in [0.29, 0.717) is 18.8 Å². The van der Waals surface area contributed by atoms with Crippen LogP contribution in [-0.2, 0) is 9.53 Å². The molecule has 1 aromatic rings. The lowest BCUT2D eigenvalue weighted by atomic mass is 9.99. The van der Waals surface area contributed by atoms with E-state index in [9.17, 15) is 9.59 Å². The van der Waals surface area contributed by atoms with Gasteiger partial charge in [-0.05, 0) is 5.92 Å². The summed E-state index contributed by atoms with van der Waals surface area (Å²) in [6, 6.07) is 0. The van der Waals surface area contributed by atoms with E-state index in [1.807, 2.05) is 6.92 Å². The minimum absolute atomic E-state index is 0.107. The molecular weight excluding hydrogens is 240 g/mol. The van der Waals surface area contributed by atoms with Crippen LogP contribution in [0.4, 0.5) is 0 Å². The molecular formula is C11H14N2O3S. The van der Waals surface area contributed by atoms with Crippen molar-refractivity contribution in [1.82, 2.24) is 9.88 Å². The van der Waals surface area contributed by atoms with E-state index in [2.05, 4.69) is 4.98 Å². The van der Waals surface area contributed by atoms with Crippen molar-refractivity contribution in [2.24, 2.45) is 11.8 Å². The number of likely N-dealkylation sites (tertiary alicyclic amines) is 1. The quantitative estimate of drug-likeness (QED) is 0.739. The van der Waals surface area contributed by atoms with Gasteiger partial charge in [0.05, 0.1) is 18.5 Å². The van der Waals surface area contributed by atoms with Crippen molar-refractivity contribution in [2.75, 3.05) is 20.2 Å². The Labute approximate surface area is 103 Å². The van der Waals surface area contributed by atoms with Crippen molar-refractivity contribution in [3.8, 4) is 0 Å². The van der Waals surface area contributed by atoms with Crippen LogP contribution in [0, 0.1) is 11.8 Å². The molecule has 1 saturated heterocycles. The molecule has 17 heavy (non-hydrogen) atoms. The highest BCUT2D eigenvalue weighted by Gasteiger charge is 2.38. The summed E-state index contributed by atoms with van der Waals surface area (Å²) in [6.45, 7) is 2.95. The Kier molecular flexibility index (Phi) is 3.42. The van der Waals surface area contributed by atoms with E-state index in [4.69, 9.17) is 4.74 Å². The number of aromatic nitrogens is 1. The largest absolute Gasteiger partial charge is 0.469 e. The number of ether oxygens (including phenoxy) is 1. The van der Waals surface area contributed by atoms with Gasteiger partial charge in [0.1, 0.15) is 5.69 Å². The predicted molar refractivity (Wildman–Crippen MR) is 62.7 cm³/mol. The molecule has 2 atom stereocenters. The Balaban J connectivity index is 2.06. The first-order valence-corrected chi connectivity index (χ1v) is 6.33. The number of nitrogens with zero attached hydrogens (tertiary/aromatic N) is 2. The fraction of sp³-hybridized carbons (Fsp3) is 0.545. The summed E-state index contributed by atoms with van der Waals surface area (Å²) in [5, 5.41) is 1.72. The van der Waals surface area contributed by atoms with Crippen molar-refractivity contribution in [3.05, 3.63) is 16.6 Å². The Hall–Kier alpha value is -1.43. The second-order valence-corrected chi connectivity index (χ2v) is 4.91. The molecule has 0 spiro atoms. The van der Waals surface area contributed by atoms with Crippen molar-refractivity contribution in [3.63, 3.8) is 0 Å². The summed E-state index contributed by atoms with van der Waals surface area (Å²) in [5.41, 5.74) is 2.08. The Morgan fingerprint density at radius 1 is 1.53 bits per heavy atom. The number of hydrogen-bond acceptors (Lipinski definition) is 5. The standard InChI is InChI=1S/C11H14N2O3S/c1-7-3-13(4-8(7)11(15)16-2)10(14)9-5-17-6-12-9/h5-8H,3-4H2,1-2H3. The van der Waals surface area contributed by atoms with Crippen LogP contribution in [-0.4, -0.2) is 42.0 Å². The Bertz CT molecular complexity index is 418. The fourth-order valence-electron chi connectivity index (χ4n) is 2.07. The molecule has 5 nitrogen and oxygen atoms in total. The number of amides is 1. The maximum Gasteiger partial charge on any atom is 0.310 e. The van der Waals surface area contributed by atoms with Crippen LogP contribution >= 0.6 is 11.3 Å². The van der Waals surface area contributed by atoms with Gasteiger partial charge in [0, 0.05) is 18.5 Å². The van der Waals surface area contributed by atoms with Crippen molar-refractivity contribution >= 4 is 23.2 Å². The van der Waals surface area contributed by atoms with Crippen LogP contribution < -0.4 is 0 Å². The third-order valence-corrected chi connectivity index (χ3v) is 3.64. The van der Waals surface area contributed by atoms with E-state index in [-0.39, 0.29) is 23.7 Å². The lowest BCUT2D eigenvalue weighted by Crippen LogP contribution is -2.30. The topological polar surface area (TPSA) is 59.5 Å². The second kappa shape index (κ2) is 4.83. The average Bonchev–Trinajstić information content (AvgIpc) is 2.96.